The fourth-order valence-electron chi connectivity index (χ4n) is 2.54. The summed E-state index contributed by atoms with van der Waals surface area (Å²) in [6.07, 6.45) is -0.0982. The van der Waals surface area contributed by atoms with Crippen molar-refractivity contribution in [3.8, 4) is 5.75 Å². The summed E-state index contributed by atoms with van der Waals surface area (Å²) < 4.78 is 19.6. The van der Waals surface area contributed by atoms with Crippen molar-refractivity contribution in [2.45, 2.75) is 20.0 Å². The summed E-state index contributed by atoms with van der Waals surface area (Å²) in [5.74, 6) is -0.625. The van der Waals surface area contributed by atoms with E-state index in [1.807, 2.05) is 0 Å². The Kier molecular flexibility index (Phi) is 6.40. The van der Waals surface area contributed by atoms with Crippen LogP contribution in [0.2, 0.25) is 5.02 Å². The molecule has 10 heteroatoms. The lowest BCUT2D eigenvalue weighted by Crippen LogP contribution is -2.17. The van der Waals surface area contributed by atoms with Crippen molar-refractivity contribution in [2.24, 2.45) is 0 Å². The number of halogens is 2. The Hall–Kier alpha value is -3.04. The van der Waals surface area contributed by atoms with Gasteiger partial charge in [0.25, 0.3) is 5.69 Å². The first-order chi connectivity index (χ1) is 13.8. The van der Waals surface area contributed by atoms with Crippen LogP contribution in [0.25, 0.3) is 0 Å². The van der Waals surface area contributed by atoms with Crippen molar-refractivity contribution < 1.29 is 18.8 Å². The van der Waals surface area contributed by atoms with Crippen LogP contribution in [0.4, 0.5) is 15.8 Å². The standard InChI is InChI=1S/C19H15ClFN3O4S/c1-11-16(24(26)27)7-6-15(21)19(11)23-17(25)8-13-10-29-18(22-13)9-28-14-4-2-12(20)3-5-14/h2-7,10H,8-9H2,1H3,(H,23,25). The molecule has 1 aromatic heterocycles. The van der Waals surface area contributed by atoms with Gasteiger partial charge in [-0.3, -0.25) is 14.9 Å². The second-order valence-electron chi connectivity index (χ2n) is 6.02. The highest BCUT2D eigenvalue weighted by Crippen LogP contribution is 2.28. The molecule has 7 nitrogen and oxygen atoms in total. The number of rotatable bonds is 7. The minimum Gasteiger partial charge on any atom is -0.486 e. The van der Waals surface area contributed by atoms with Crippen LogP contribution in [0.1, 0.15) is 16.3 Å². The molecule has 0 unspecified atom stereocenters. The summed E-state index contributed by atoms with van der Waals surface area (Å²) in [5.41, 5.74) is 0.0760. The molecule has 0 aliphatic heterocycles. The molecular weight excluding hydrogens is 421 g/mol. The number of nitrogens with one attached hydrogen (secondary N) is 1. The number of hydrogen-bond donors (Lipinski definition) is 1. The lowest BCUT2D eigenvalue weighted by Gasteiger charge is -2.09. The molecule has 1 heterocycles. The van der Waals surface area contributed by atoms with Crippen molar-refractivity contribution in [2.75, 3.05) is 5.32 Å². The Bertz CT molecular complexity index is 1060. The minimum atomic E-state index is -0.739. The van der Waals surface area contributed by atoms with Gasteiger partial charge in [-0.15, -0.1) is 11.3 Å². The van der Waals surface area contributed by atoms with E-state index in [1.54, 1.807) is 29.6 Å². The van der Waals surface area contributed by atoms with Crippen molar-refractivity contribution in [1.82, 2.24) is 4.98 Å². The maximum Gasteiger partial charge on any atom is 0.274 e. The first-order valence-electron chi connectivity index (χ1n) is 8.38. The lowest BCUT2D eigenvalue weighted by molar-refractivity contribution is -0.385. The van der Waals surface area contributed by atoms with E-state index in [-0.39, 0.29) is 30.0 Å². The average Bonchev–Trinajstić information content (AvgIpc) is 3.11. The fourth-order valence-corrected chi connectivity index (χ4v) is 3.37. The quantitative estimate of drug-likeness (QED) is 0.420. The number of carbonyl (C=O) groups excluding carboxylic acids is 1. The third kappa shape index (κ3) is 5.27. The Morgan fingerprint density at radius 1 is 1.31 bits per heavy atom. The van der Waals surface area contributed by atoms with Crippen molar-refractivity contribution in [1.29, 1.82) is 0 Å². The molecular formula is C19H15ClFN3O4S. The second kappa shape index (κ2) is 8.97. The molecule has 0 saturated carbocycles. The van der Waals surface area contributed by atoms with E-state index in [0.717, 1.165) is 12.1 Å². The van der Waals surface area contributed by atoms with Gasteiger partial charge in [-0.2, -0.15) is 0 Å². The molecule has 0 saturated heterocycles. The van der Waals surface area contributed by atoms with Gasteiger partial charge in [0.1, 0.15) is 23.2 Å². The monoisotopic (exact) mass is 435 g/mol. The number of aromatic nitrogens is 1. The van der Waals surface area contributed by atoms with Gasteiger partial charge in [-0.05, 0) is 37.3 Å². The summed E-state index contributed by atoms with van der Waals surface area (Å²) in [6, 6.07) is 8.91. The second-order valence-corrected chi connectivity index (χ2v) is 7.40. The Morgan fingerprint density at radius 3 is 2.72 bits per heavy atom. The topological polar surface area (TPSA) is 94.4 Å². The third-order valence-corrected chi connectivity index (χ3v) is 5.09. The van der Waals surface area contributed by atoms with Crippen LogP contribution in [0.5, 0.6) is 5.75 Å². The van der Waals surface area contributed by atoms with Gasteiger partial charge in [0, 0.05) is 16.5 Å². The van der Waals surface area contributed by atoms with Crippen molar-refractivity contribution in [3.05, 3.63) is 79.0 Å². The number of hydrogen-bond acceptors (Lipinski definition) is 6. The number of anilines is 1. The number of nitro groups is 1. The van der Waals surface area contributed by atoms with Gasteiger partial charge in [-0.25, -0.2) is 9.37 Å². The van der Waals surface area contributed by atoms with E-state index in [2.05, 4.69) is 10.3 Å². The highest BCUT2D eigenvalue weighted by molar-refractivity contribution is 7.09. The van der Waals surface area contributed by atoms with Gasteiger partial charge >= 0.3 is 0 Å². The minimum absolute atomic E-state index is 0.0543. The molecule has 0 radical (unpaired) electrons. The zero-order valence-corrected chi connectivity index (χ0v) is 16.7. The van der Waals surface area contributed by atoms with Crippen LogP contribution in [0.3, 0.4) is 0 Å². The summed E-state index contributed by atoms with van der Waals surface area (Å²) >= 11 is 7.15. The highest BCUT2D eigenvalue weighted by Gasteiger charge is 2.19. The van der Waals surface area contributed by atoms with Gasteiger partial charge in [0.2, 0.25) is 5.91 Å². The lowest BCUT2D eigenvalue weighted by atomic mass is 10.1. The predicted octanol–water partition coefficient (Wildman–Crippen LogP) is 4.91. The zero-order valence-electron chi connectivity index (χ0n) is 15.1. The van der Waals surface area contributed by atoms with Crippen LogP contribution in [0.15, 0.2) is 41.8 Å². The number of ether oxygens (including phenoxy) is 1. The number of thiazole rings is 1. The molecule has 0 spiro atoms. The van der Waals surface area contributed by atoms with Gasteiger partial charge in [0.15, 0.2) is 0 Å². The van der Waals surface area contributed by atoms with Crippen LogP contribution in [0, 0.1) is 22.9 Å². The maximum atomic E-state index is 14.0. The first-order valence-corrected chi connectivity index (χ1v) is 9.64. The van der Waals surface area contributed by atoms with E-state index in [1.165, 1.54) is 18.3 Å². The number of nitrogens with zero attached hydrogens (tertiary/aromatic N) is 2. The molecule has 1 amide bonds. The highest BCUT2D eigenvalue weighted by atomic mass is 35.5. The molecule has 0 bridgehead atoms. The third-order valence-electron chi connectivity index (χ3n) is 3.96. The Morgan fingerprint density at radius 2 is 2.03 bits per heavy atom. The largest absolute Gasteiger partial charge is 0.486 e. The molecule has 3 rings (SSSR count). The summed E-state index contributed by atoms with van der Waals surface area (Å²) in [7, 11) is 0. The Balaban J connectivity index is 1.61. The van der Waals surface area contributed by atoms with Crippen LogP contribution in [-0.4, -0.2) is 15.8 Å². The molecule has 2 aromatic carbocycles. The summed E-state index contributed by atoms with van der Waals surface area (Å²) in [4.78, 5) is 26.9. The number of nitro benzene ring substituents is 1. The van der Waals surface area contributed by atoms with Crippen LogP contribution >= 0.6 is 22.9 Å². The average molecular weight is 436 g/mol. The van der Waals surface area contributed by atoms with Crippen LogP contribution < -0.4 is 10.1 Å². The molecule has 0 atom stereocenters. The van der Waals surface area contributed by atoms with E-state index in [0.29, 0.717) is 21.5 Å². The van der Waals surface area contributed by atoms with E-state index < -0.39 is 16.6 Å². The molecule has 29 heavy (non-hydrogen) atoms. The van der Waals surface area contributed by atoms with E-state index in [9.17, 15) is 19.3 Å². The fraction of sp³-hybridized carbons (Fsp3) is 0.158. The van der Waals surface area contributed by atoms with Gasteiger partial charge < -0.3 is 10.1 Å². The molecule has 0 aliphatic carbocycles. The molecule has 150 valence electrons. The molecule has 0 aliphatic rings. The van der Waals surface area contributed by atoms with Gasteiger partial charge in [-0.1, -0.05) is 11.6 Å². The van der Waals surface area contributed by atoms with Gasteiger partial charge in [0.05, 0.1) is 28.3 Å². The SMILES string of the molecule is Cc1c([N+](=O)[O-])ccc(F)c1NC(=O)Cc1csc(COc2ccc(Cl)cc2)n1. The molecule has 1 N–H and O–H groups in total. The van der Waals surface area contributed by atoms with E-state index >= 15 is 0 Å². The Labute approximate surface area is 174 Å². The van der Waals surface area contributed by atoms with E-state index in [4.69, 9.17) is 16.3 Å². The zero-order chi connectivity index (χ0) is 21.0. The number of benzene rings is 2. The van der Waals surface area contributed by atoms with Crippen LogP contribution in [-0.2, 0) is 17.8 Å². The van der Waals surface area contributed by atoms with Crippen molar-refractivity contribution >= 4 is 40.2 Å². The predicted molar refractivity (Wildman–Crippen MR) is 108 cm³/mol. The smallest absolute Gasteiger partial charge is 0.274 e. The first kappa shape index (κ1) is 20.7. The number of amides is 1. The van der Waals surface area contributed by atoms with Crippen molar-refractivity contribution in [3.63, 3.8) is 0 Å². The molecule has 3 aromatic rings. The molecule has 0 fully saturated rings. The maximum absolute atomic E-state index is 14.0. The number of carbonyl (C=O) groups is 1. The summed E-state index contributed by atoms with van der Waals surface area (Å²) in [5, 5.41) is 16.4. The normalized spacial score (nSPS) is 10.6. The summed E-state index contributed by atoms with van der Waals surface area (Å²) in [6.45, 7) is 1.61.